The fraction of sp³-hybridized carbons (Fsp3) is 0.455. The summed E-state index contributed by atoms with van der Waals surface area (Å²) in [7, 11) is -2.68. The number of ether oxygens (including phenoxy) is 1. The molecule has 1 aliphatic heterocycles. The van der Waals surface area contributed by atoms with Crippen molar-refractivity contribution in [3.63, 3.8) is 0 Å². The smallest absolute Gasteiger partial charge is 0.347 e. The first kappa shape index (κ1) is 15.9. The maximum absolute atomic E-state index is 12.6. The van der Waals surface area contributed by atoms with E-state index in [9.17, 15) is 18.0 Å². The van der Waals surface area contributed by atoms with E-state index in [0.717, 1.165) is 15.6 Å². The van der Waals surface area contributed by atoms with Gasteiger partial charge in [0.05, 0.1) is 13.2 Å². The van der Waals surface area contributed by atoms with Gasteiger partial charge in [-0.15, -0.1) is 11.3 Å². The summed E-state index contributed by atoms with van der Waals surface area (Å²) in [6.07, 6.45) is 0. The number of hydrogen-bond donors (Lipinski definition) is 2. The quantitative estimate of drug-likeness (QED) is 0.773. The first-order chi connectivity index (χ1) is 9.89. The molecule has 2 heterocycles. The third-order valence-electron chi connectivity index (χ3n) is 3.04. The molecule has 0 aromatic carbocycles. The highest BCUT2D eigenvalue weighted by Gasteiger charge is 2.39. The normalized spacial score (nSPS) is 20.1. The topological polar surface area (TPSA) is 113 Å². The molecule has 21 heavy (non-hydrogen) atoms. The maximum atomic E-state index is 12.6. The Morgan fingerprint density at radius 2 is 2.24 bits per heavy atom. The van der Waals surface area contributed by atoms with E-state index < -0.39 is 27.9 Å². The number of carboxylic acids is 1. The largest absolute Gasteiger partial charge is 0.477 e. The molecule has 0 aliphatic carbocycles. The van der Waals surface area contributed by atoms with E-state index in [-0.39, 0.29) is 29.5 Å². The number of hydrogen-bond acceptors (Lipinski definition) is 6. The van der Waals surface area contributed by atoms with Crippen LogP contribution in [0.1, 0.15) is 9.67 Å². The predicted octanol–water partition coefficient (Wildman–Crippen LogP) is -0.418. The number of likely N-dealkylation sites (N-methyl/N-ethyl adjacent to an activating group) is 1. The van der Waals surface area contributed by atoms with Gasteiger partial charge in [-0.3, -0.25) is 4.79 Å². The van der Waals surface area contributed by atoms with E-state index in [1.165, 1.54) is 18.5 Å². The van der Waals surface area contributed by atoms with Crippen molar-refractivity contribution in [2.45, 2.75) is 10.9 Å². The van der Waals surface area contributed by atoms with Crippen LogP contribution in [0.3, 0.4) is 0 Å². The van der Waals surface area contributed by atoms with Gasteiger partial charge in [-0.25, -0.2) is 13.2 Å². The standard InChI is InChI=1S/C11H14N2O6S2/c1-12-10(14)7-6-19-4-3-13(7)21(17,18)8-2-5-20-9(8)11(15)16/h2,5,7H,3-4,6H2,1H3,(H,12,14)(H,15,16). The minimum atomic E-state index is -4.08. The van der Waals surface area contributed by atoms with E-state index in [4.69, 9.17) is 9.84 Å². The summed E-state index contributed by atoms with van der Waals surface area (Å²) in [5, 5.41) is 12.8. The number of carboxylic acid groups (broad SMARTS) is 1. The lowest BCUT2D eigenvalue weighted by Gasteiger charge is -2.33. The fourth-order valence-corrected chi connectivity index (χ4v) is 4.82. The molecule has 1 aromatic rings. The predicted molar refractivity (Wildman–Crippen MR) is 73.8 cm³/mol. The van der Waals surface area contributed by atoms with Gasteiger partial charge in [-0.05, 0) is 11.4 Å². The SMILES string of the molecule is CNC(=O)C1COCCN1S(=O)(=O)c1ccsc1C(=O)O. The molecule has 0 radical (unpaired) electrons. The lowest BCUT2D eigenvalue weighted by atomic mass is 10.2. The minimum absolute atomic E-state index is 0.00464. The van der Waals surface area contributed by atoms with Gasteiger partial charge in [0.2, 0.25) is 15.9 Å². The summed E-state index contributed by atoms with van der Waals surface area (Å²) in [5.74, 6) is -1.81. The number of nitrogens with one attached hydrogen (secondary N) is 1. The molecular weight excluding hydrogens is 320 g/mol. The van der Waals surface area contributed by atoms with E-state index in [1.54, 1.807) is 0 Å². The molecule has 1 aliphatic rings. The summed E-state index contributed by atoms with van der Waals surface area (Å²) in [6, 6.07) is 0.232. The molecule has 116 valence electrons. The van der Waals surface area contributed by atoms with Crippen molar-refractivity contribution in [2.24, 2.45) is 0 Å². The lowest BCUT2D eigenvalue weighted by molar-refractivity contribution is -0.128. The maximum Gasteiger partial charge on any atom is 0.347 e. The van der Waals surface area contributed by atoms with E-state index in [2.05, 4.69) is 5.32 Å². The highest BCUT2D eigenvalue weighted by Crippen LogP contribution is 2.27. The van der Waals surface area contributed by atoms with E-state index in [0.29, 0.717) is 0 Å². The second-order valence-corrected chi connectivity index (χ2v) is 7.01. The summed E-state index contributed by atoms with van der Waals surface area (Å²) in [6.45, 7) is 0.0834. The van der Waals surface area contributed by atoms with Crippen molar-refractivity contribution in [2.75, 3.05) is 26.8 Å². The van der Waals surface area contributed by atoms with Crippen LogP contribution in [0.25, 0.3) is 0 Å². The van der Waals surface area contributed by atoms with Crippen molar-refractivity contribution >= 4 is 33.2 Å². The number of carbonyl (C=O) groups excluding carboxylic acids is 1. The zero-order valence-electron chi connectivity index (χ0n) is 11.1. The van der Waals surface area contributed by atoms with Crippen LogP contribution in [0.2, 0.25) is 0 Å². The van der Waals surface area contributed by atoms with Gasteiger partial charge in [-0.2, -0.15) is 4.31 Å². The van der Waals surface area contributed by atoms with Gasteiger partial charge in [0.15, 0.2) is 0 Å². The van der Waals surface area contributed by atoms with Crippen molar-refractivity contribution in [3.8, 4) is 0 Å². The molecule has 1 saturated heterocycles. The number of carbonyl (C=O) groups is 2. The zero-order valence-corrected chi connectivity index (χ0v) is 12.7. The third kappa shape index (κ3) is 2.93. The molecule has 0 spiro atoms. The highest BCUT2D eigenvalue weighted by molar-refractivity contribution is 7.89. The Balaban J connectivity index is 2.43. The summed E-state index contributed by atoms with van der Waals surface area (Å²) < 4.78 is 31.4. The Hall–Kier alpha value is -1.49. The average molecular weight is 334 g/mol. The third-order valence-corrected chi connectivity index (χ3v) is 6.02. The van der Waals surface area contributed by atoms with Gasteiger partial charge in [0, 0.05) is 13.6 Å². The molecule has 0 bridgehead atoms. The first-order valence-electron chi connectivity index (χ1n) is 6.01. The molecule has 2 N–H and O–H groups in total. The second-order valence-electron chi connectivity index (χ2n) is 4.24. The number of amides is 1. The van der Waals surface area contributed by atoms with Gasteiger partial charge < -0.3 is 15.2 Å². The summed E-state index contributed by atoms with van der Waals surface area (Å²) in [5.41, 5.74) is 0. The van der Waals surface area contributed by atoms with Crippen LogP contribution in [0.4, 0.5) is 0 Å². The van der Waals surface area contributed by atoms with Gasteiger partial charge in [0.25, 0.3) is 0 Å². The summed E-state index contributed by atoms with van der Waals surface area (Å²) >= 11 is 0.827. The highest BCUT2D eigenvalue weighted by atomic mass is 32.2. The monoisotopic (exact) mass is 334 g/mol. The molecule has 8 nitrogen and oxygen atoms in total. The van der Waals surface area contributed by atoms with Gasteiger partial charge in [0.1, 0.15) is 15.8 Å². The van der Waals surface area contributed by atoms with Gasteiger partial charge in [-0.1, -0.05) is 0 Å². The molecular formula is C11H14N2O6S2. The van der Waals surface area contributed by atoms with Crippen LogP contribution < -0.4 is 5.32 Å². The van der Waals surface area contributed by atoms with Crippen LogP contribution >= 0.6 is 11.3 Å². The molecule has 1 atom stereocenters. The Morgan fingerprint density at radius 3 is 2.86 bits per heavy atom. The second kappa shape index (κ2) is 6.10. The van der Waals surface area contributed by atoms with E-state index >= 15 is 0 Å². The fourth-order valence-electron chi connectivity index (χ4n) is 2.03. The number of rotatable bonds is 4. The molecule has 1 unspecified atom stereocenters. The molecule has 1 aromatic heterocycles. The Morgan fingerprint density at radius 1 is 1.52 bits per heavy atom. The Labute approximate surface area is 125 Å². The number of aromatic carboxylic acids is 1. The number of thiophene rings is 1. The molecule has 2 rings (SSSR count). The first-order valence-corrected chi connectivity index (χ1v) is 8.33. The zero-order chi connectivity index (χ0) is 15.6. The van der Waals surface area contributed by atoms with Crippen molar-refractivity contribution in [1.29, 1.82) is 0 Å². The number of morpholine rings is 1. The van der Waals surface area contributed by atoms with Crippen molar-refractivity contribution in [3.05, 3.63) is 16.3 Å². The van der Waals surface area contributed by atoms with Crippen LogP contribution in [-0.4, -0.2) is 62.6 Å². The van der Waals surface area contributed by atoms with Crippen molar-refractivity contribution in [1.82, 2.24) is 9.62 Å². The molecule has 1 fully saturated rings. The lowest BCUT2D eigenvalue weighted by Crippen LogP contribution is -2.55. The van der Waals surface area contributed by atoms with E-state index in [1.807, 2.05) is 0 Å². The van der Waals surface area contributed by atoms with Crippen LogP contribution in [0.15, 0.2) is 16.3 Å². The Kier molecular flexibility index (Phi) is 4.61. The van der Waals surface area contributed by atoms with Crippen LogP contribution in [0.5, 0.6) is 0 Å². The number of sulfonamides is 1. The Bertz CT molecular complexity index is 653. The minimum Gasteiger partial charge on any atom is -0.477 e. The molecule has 0 saturated carbocycles. The van der Waals surface area contributed by atoms with Crippen LogP contribution in [-0.2, 0) is 19.6 Å². The average Bonchev–Trinajstić information content (AvgIpc) is 2.97. The van der Waals surface area contributed by atoms with Crippen molar-refractivity contribution < 1.29 is 27.9 Å². The van der Waals surface area contributed by atoms with Gasteiger partial charge >= 0.3 is 5.97 Å². The molecule has 10 heteroatoms. The summed E-state index contributed by atoms with van der Waals surface area (Å²) in [4.78, 5) is 22.3. The van der Waals surface area contributed by atoms with Crippen LogP contribution in [0, 0.1) is 0 Å². The molecule has 1 amide bonds. The number of nitrogens with zero attached hydrogens (tertiary/aromatic N) is 1.